The second-order valence-corrected chi connectivity index (χ2v) is 8.35. The summed E-state index contributed by atoms with van der Waals surface area (Å²) in [4.78, 5) is 11.5. The van der Waals surface area contributed by atoms with Crippen molar-refractivity contribution in [1.29, 1.82) is 0 Å². The van der Waals surface area contributed by atoms with Crippen molar-refractivity contribution in [3.8, 4) is 5.75 Å². The van der Waals surface area contributed by atoms with Crippen LogP contribution in [0, 0.1) is 5.92 Å². The maximum absolute atomic E-state index is 11.5. The van der Waals surface area contributed by atoms with Gasteiger partial charge in [0, 0.05) is 12.5 Å². The predicted molar refractivity (Wildman–Crippen MR) is 121 cm³/mol. The number of benzene rings is 2. The SMILES string of the molecule is CCCC(CNC(=O)OC)c1ccc2c(c1)CC[C@@H](CCc1ccccc1OC)C2. The fraction of sp³-hybridized carbons (Fsp3) is 0.500. The first-order valence-corrected chi connectivity index (χ1v) is 11.2. The van der Waals surface area contributed by atoms with Gasteiger partial charge in [-0.15, -0.1) is 0 Å². The van der Waals surface area contributed by atoms with Gasteiger partial charge >= 0.3 is 6.09 Å². The van der Waals surface area contributed by atoms with Crippen LogP contribution in [-0.4, -0.2) is 26.9 Å². The monoisotopic (exact) mass is 409 g/mol. The summed E-state index contributed by atoms with van der Waals surface area (Å²) in [6.07, 6.45) is 7.60. The number of nitrogens with one attached hydrogen (secondary N) is 1. The second kappa shape index (κ2) is 11.1. The average molecular weight is 410 g/mol. The summed E-state index contributed by atoms with van der Waals surface area (Å²) in [7, 11) is 3.16. The number of aryl methyl sites for hydroxylation is 2. The Morgan fingerprint density at radius 1 is 1.17 bits per heavy atom. The highest BCUT2D eigenvalue weighted by Crippen LogP contribution is 2.32. The van der Waals surface area contributed by atoms with E-state index in [0.717, 1.165) is 43.8 Å². The van der Waals surface area contributed by atoms with Crippen LogP contribution in [0.25, 0.3) is 0 Å². The van der Waals surface area contributed by atoms with Crippen LogP contribution in [0.5, 0.6) is 5.75 Å². The number of alkyl carbamates (subject to hydrolysis) is 1. The van der Waals surface area contributed by atoms with Crippen molar-refractivity contribution in [1.82, 2.24) is 5.32 Å². The molecule has 0 spiro atoms. The van der Waals surface area contributed by atoms with Crippen LogP contribution in [-0.2, 0) is 24.0 Å². The van der Waals surface area contributed by atoms with Gasteiger partial charge in [-0.05, 0) is 72.8 Å². The number of para-hydroxylation sites is 1. The lowest BCUT2D eigenvalue weighted by Gasteiger charge is -2.27. The van der Waals surface area contributed by atoms with E-state index in [4.69, 9.17) is 9.47 Å². The van der Waals surface area contributed by atoms with Gasteiger partial charge in [-0.3, -0.25) is 0 Å². The molecule has 0 radical (unpaired) electrons. The first-order valence-electron chi connectivity index (χ1n) is 11.2. The largest absolute Gasteiger partial charge is 0.496 e. The molecule has 0 fully saturated rings. The Kier molecular flexibility index (Phi) is 8.18. The lowest BCUT2D eigenvalue weighted by Crippen LogP contribution is -2.28. The fourth-order valence-corrected chi connectivity index (χ4v) is 4.63. The van der Waals surface area contributed by atoms with E-state index in [9.17, 15) is 4.79 Å². The molecule has 1 aliphatic carbocycles. The van der Waals surface area contributed by atoms with Crippen molar-refractivity contribution in [2.45, 2.75) is 57.8 Å². The summed E-state index contributed by atoms with van der Waals surface area (Å²) in [6.45, 7) is 2.82. The van der Waals surface area contributed by atoms with Gasteiger partial charge in [0.15, 0.2) is 0 Å². The maximum Gasteiger partial charge on any atom is 0.406 e. The number of hydrogen-bond acceptors (Lipinski definition) is 3. The van der Waals surface area contributed by atoms with Crippen LogP contribution in [0.15, 0.2) is 42.5 Å². The lowest BCUT2D eigenvalue weighted by molar-refractivity contribution is 0.170. The van der Waals surface area contributed by atoms with E-state index in [1.54, 1.807) is 7.11 Å². The minimum atomic E-state index is -0.355. The van der Waals surface area contributed by atoms with Crippen molar-refractivity contribution in [3.05, 3.63) is 64.7 Å². The van der Waals surface area contributed by atoms with Crippen molar-refractivity contribution >= 4 is 6.09 Å². The van der Waals surface area contributed by atoms with Gasteiger partial charge in [-0.1, -0.05) is 49.7 Å². The molecule has 0 aromatic heterocycles. The van der Waals surface area contributed by atoms with Gasteiger partial charge in [0.2, 0.25) is 0 Å². The van der Waals surface area contributed by atoms with Gasteiger partial charge in [-0.2, -0.15) is 0 Å². The zero-order chi connectivity index (χ0) is 21.3. The number of fused-ring (bicyclic) bond motifs is 1. The Morgan fingerprint density at radius 3 is 2.77 bits per heavy atom. The lowest BCUT2D eigenvalue weighted by atomic mass is 9.79. The molecule has 0 saturated heterocycles. The van der Waals surface area contributed by atoms with Crippen molar-refractivity contribution in [2.24, 2.45) is 5.92 Å². The van der Waals surface area contributed by atoms with Crippen molar-refractivity contribution in [3.63, 3.8) is 0 Å². The van der Waals surface area contributed by atoms with E-state index >= 15 is 0 Å². The molecule has 0 bridgehead atoms. The summed E-state index contributed by atoms with van der Waals surface area (Å²) in [5.74, 6) is 2.06. The molecule has 2 aromatic carbocycles. The van der Waals surface area contributed by atoms with E-state index in [0.29, 0.717) is 12.5 Å². The zero-order valence-electron chi connectivity index (χ0n) is 18.6. The van der Waals surface area contributed by atoms with Crippen LogP contribution in [0.3, 0.4) is 0 Å². The first kappa shape index (κ1) is 22.2. The quantitative estimate of drug-likeness (QED) is 0.580. The molecule has 0 aliphatic heterocycles. The fourth-order valence-electron chi connectivity index (χ4n) is 4.63. The van der Waals surface area contributed by atoms with E-state index in [2.05, 4.69) is 48.6 Å². The third kappa shape index (κ3) is 5.78. The molecule has 4 heteroatoms. The molecule has 1 unspecified atom stereocenters. The van der Waals surface area contributed by atoms with E-state index in [1.807, 2.05) is 6.07 Å². The molecule has 30 heavy (non-hydrogen) atoms. The highest BCUT2D eigenvalue weighted by atomic mass is 16.5. The Balaban J connectivity index is 1.62. The van der Waals surface area contributed by atoms with E-state index in [-0.39, 0.29) is 6.09 Å². The molecular weight excluding hydrogens is 374 g/mol. The minimum Gasteiger partial charge on any atom is -0.496 e. The molecule has 2 aromatic rings. The Hall–Kier alpha value is -2.49. The smallest absolute Gasteiger partial charge is 0.406 e. The molecule has 0 saturated carbocycles. The summed E-state index contributed by atoms with van der Waals surface area (Å²) < 4.78 is 10.2. The second-order valence-electron chi connectivity index (χ2n) is 8.35. The number of ether oxygens (including phenoxy) is 2. The maximum atomic E-state index is 11.5. The molecule has 2 atom stereocenters. The van der Waals surface area contributed by atoms with Crippen molar-refractivity contribution in [2.75, 3.05) is 20.8 Å². The van der Waals surface area contributed by atoms with Gasteiger partial charge in [0.25, 0.3) is 0 Å². The average Bonchev–Trinajstić information content (AvgIpc) is 2.79. The molecule has 0 heterocycles. The first-order chi connectivity index (χ1) is 14.6. The number of carbonyl (C=O) groups excluding carboxylic acids is 1. The van der Waals surface area contributed by atoms with Crippen LogP contribution in [0.1, 0.15) is 60.8 Å². The number of amides is 1. The summed E-state index contributed by atoms with van der Waals surface area (Å²) in [5.41, 5.74) is 5.62. The van der Waals surface area contributed by atoms with Crippen LogP contribution >= 0.6 is 0 Å². The zero-order valence-corrected chi connectivity index (χ0v) is 18.6. The highest BCUT2D eigenvalue weighted by molar-refractivity contribution is 5.66. The number of methoxy groups -OCH3 is 2. The van der Waals surface area contributed by atoms with Crippen LogP contribution in [0.4, 0.5) is 4.79 Å². The predicted octanol–water partition coefficient (Wildman–Crippen LogP) is 5.67. The Labute approximate surface area is 181 Å². The van der Waals surface area contributed by atoms with E-state index in [1.165, 1.54) is 42.2 Å². The Morgan fingerprint density at radius 2 is 2.00 bits per heavy atom. The van der Waals surface area contributed by atoms with Crippen LogP contribution < -0.4 is 10.1 Å². The normalized spacial score (nSPS) is 16.4. The van der Waals surface area contributed by atoms with Gasteiger partial charge < -0.3 is 14.8 Å². The van der Waals surface area contributed by atoms with Crippen molar-refractivity contribution < 1.29 is 14.3 Å². The molecule has 1 N–H and O–H groups in total. The van der Waals surface area contributed by atoms with E-state index < -0.39 is 0 Å². The highest BCUT2D eigenvalue weighted by Gasteiger charge is 2.21. The summed E-state index contributed by atoms with van der Waals surface area (Å²) in [6, 6.07) is 15.3. The molecule has 4 nitrogen and oxygen atoms in total. The topological polar surface area (TPSA) is 47.6 Å². The van der Waals surface area contributed by atoms with Gasteiger partial charge in [0.1, 0.15) is 5.75 Å². The molecule has 1 amide bonds. The third-order valence-corrected chi connectivity index (χ3v) is 6.36. The standard InChI is InChI=1S/C26H35NO3/c1-4-7-24(18-27-26(28)30-3)23-15-14-21-16-19(11-13-22(21)17-23)10-12-20-8-5-6-9-25(20)29-2/h5-6,8-9,14-15,17,19,24H,4,7,10-13,16,18H2,1-3H3,(H,27,28)/t19-,24?/m1/s1. The molecule has 1 aliphatic rings. The summed E-state index contributed by atoms with van der Waals surface area (Å²) >= 11 is 0. The van der Waals surface area contributed by atoms with Gasteiger partial charge in [-0.25, -0.2) is 4.79 Å². The molecule has 162 valence electrons. The Bertz CT molecular complexity index is 833. The number of rotatable bonds is 9. The van der Waals surface area contributed by atoms with Gasteiger partial charge in [0.05, 0.1) is 14.2 Å². The van der Waals surface area contributed by atoms with Crippen LogP contribution in [0.2, 0.25) is 0 Å². The third-order valence-electron chi connectivity index (χ3n) is 6.36. The number of hydrogen-bond donors (Lipinski definition) is 1. The number of carbonyl (C=O) groups is 1. The minimum absolute atomic E-state index is 0.336. The molecular formula is C26H35NO3. The molecule has 3 rings (SSSR count). The summed E-state index contributed by atoms with van der Waals surface area (Å²) in [5, 5.41) is 2.87.